The predicted octanol–water partition coefficient (Wildman–Crippen LogP) is 3.73. The summed E-state index contributed by atoms with van der Waals surface area (Å²) < 4.78 is 56.8. The fourth-order valence-electron chi connectivity index (χ4n) is 3.52. The zero-order valence-electron chi connectivity index (χ0n) is 15.8. The van der Waals surface area contributed by atoms with E-state index in [4.69, 9.17) is 0 Å². The highest BCUT2D eigenvalue weighted by Gasteiger charge is 2.43. The molecule has 0 saturated carbocycles. The molecule has 1 aliphatic heterocycles. The Morgan fingerprint density at radius 1 is 1.14 bits per heavy atom. The Balaban J connectivity index is 2.17. The van der Waals surface area contributed by atoms with Crippen LogP contribution in [-0.2, 0) is 15.8 Å². The van der Waals surface area contributed by atoms with Crippen molar-refractivity contribution in [2.75, 3.05) is 24.8 Å². The molecule has 0 spiro atoms. The van der Waals surface area contributed by atoms with Gasteiger partial charge in [-0.1, -0.05) is 32.2 Å². The highest BCUT2D eigenvalue weighted by atomic mass is 31.1. The van der Waals surface area contributed by atoms with Crippen LogP contribution in [0, 0.1) is 5.82 Å². The van der Waals surface area contributed by atoms with Gasteiger partial charge in [0.2, 0.25) is 12.3 Å². The van der Waals surface area contributed by atoms with Crippen LogP contribution in [0.25, 0.3) is 11.1 Å². The quantitative estimate of drug-likeness (QED) is 0.450. The molecular formula is C20H19F4N2O2P. The molecule has 1 aliphatic rings. The number of rotatable bonds is 5. The van der Waals surface area contributed by atoms with Crippen molar-refractivity contribution in [3.8, 4) is 11.1 Å². The van der Waals surface area contributed by atoms with E-state index in [1.165, 1.54) is 6.07 Å². The van der Waals surface area contributed by atoms with E-state index in [0.29, 0.717) is 12.0 Å². The summed E-state index contributed by atoms with van der Waals surface area (Å²) in [4.78, 5) is 23.9. The average molecular weight is 426 g/mol. The van der Waals surface area contributed by atoms with E-state index in [2.05, 4.69) is 5.32 Å². The number of amides is 2. The molecule has 1 saturated heterocycles. The molecule has 1 fully saturated rings. The lowest BCUT2D eigenvalue weighted by molar-refractivity contribution is -0.139. The third-order valence-corrected chi connectivity index (χ3v) is 6.20. The fourth-order valence-corrected chi connectivity index (χ4v) is 4.58. The molecule has 1 heterocycles. The van der Waals surface area contributed by atoms with Gasteiger partial charge in [-0.15, -0.1) is 0 Å². The minimum Gasteiger partial charge on any atom is -0.347 e. The molecule has 1 atom stereocenters. The summed E-state index contributed by atoms with van der Waals surface area (Å²) in [5.74, 6) is -2.10. The second kappa shape index (κ2) is 8.11. The van der Waals surface area contributed by atoms with Crippen molar-refractivity contribution in [1.82, 2.24) is 5.32 Å². The second-order valence-electron chi connectivity index (χ2n) is 6.85. The normalized spacial score (nSPS) is 17.1. The Labute approximate surface area is 166 Å². The van der Waals surface area contributed by atoms with E-state index in [1.807, 2.05) is 13.3 Å². The van der Waals surface area contributed by atoms with E-state index in [-0.39, 0.29) is 18.5 Å². The largest absolute Gasteiger partial charge is 0.421 e. The number of carbonyl (C=O) groups is 2. The van der Waals surface area contributed by atoms with Gasteiger partial charge in [-0.2, -0.15) is 13.2 Å². The smallest absolute Gasteiger partial charge is 0.347 e. The molecule has 4 nitrogen and oxygen atoms in total. The molecule has 3 rings (SSSR count). The van der Waals surface area contributed by atoms with Crippen molar-refractivity contribution in [1.29, 1.82) is 0 Å². The molecule has 0 radical (unpaired) electrons. The second-order valence-corrected chi connectivity index (χ2v) is 9.12. The Bertz CT molecular complexity index is 947. The summed E-state index contributed by atoms with van der Waals surface area (Å²) in [6.45, 7) is 3.83. The lowest BCUT2D eigenvalue weighted by atomic mass is 9.99. The topological polar surface area (TPSA) is 49.4 Å². The van der Waals surface area contributed by atoms with Crippen LogP contribution in [0.1, 0.15) is 12.0 Å². The zero-order valence-corrected chi connectivity index (χ0v) is 16.7. The molecule has 0 bridgehead atoms. The molecule has 2 aromatic carbocycles. The monoisotopic (exact) mass is 426 g/mol. The number of hydrogen-bond acceptors (Lipinski definition) is 2. The van der Waals surface area contributed by atoms with Gasteiger partial charge in [-0.25, -0.2) is 4.39 Å². The molecule has 29 heavy (non-hydrogen) atoms. The van der Waals surface area contributed by atoms with Crippen LogP contribution in [0.5, 0.6) is 0 Å². The van der Waals surface area contributed by atoms with Gasteiger partial charge in [0.1, 0.15) is 17.4 Å². The van der Waals surface area contributed by atoms with Gasteiger partial charge in [0.05, 0.1) is 5.69 Å². The number of carbonyl (C=O) groups excluding carboxylic acids is 2. The van der Waals surface area contributed by atoms with E-state index in [1.54, 1.807) is 24.3 Å². The summed E-state index contributed by atoms with van der Waals surface area (Å²) in [7, 11) is -0.678. The number of hydrogen-bond donors (Lipinski definition) is 1. The van der Waals surface area contributed by atoms with Gasteiger partial charge in [0.15, 0.2) is 0 Å². The number of anilines is 1. The molecular weight excluding hydrogens is 407 g/mol. The maximum atomic E-state index is 15.3. The maximum absolute atomic E-state index is 15.3. The summed E-state index contributed by atoms with van der Waals surface area (Å²) in [6.07, 6.45) is -4.52. The van der Waals surface area contributed by atoms with E-state index in [0.717, 1.165) is 16.3 Å². The van der Waals surface area contributed by atoms with Crippen LogP contribution in [0.2, 0.25) is 0 Å². The fraction of sp³-hybridized carbons (Fsp3) is 0.300. The minimum absolute atomic E-state index is 0.0436. The molecule has 1 N–H and O–H groups in total. The van der Waals surface area contributed by atoms with E-state index >= 15 is 4.39 Å². The molecule has 2 amide bonds. The SMILES string of the molecule is CP(C)c1ccccc1-c1ccc(N2CCC(NC=O)C2=O)c(C(F)(F)F)c1F. The van der Waals surface area contributed by atoms with Crippen molar-refractivity contribution in [3.63, 3.8) is 0 Å². The first-order valence-corrected chi connectivity index (χ1v) is 11.1. The lowest BCUT2D eigenvalue weighted by Crippen LogP contribution is -2.38. The predicted molar refractivity (Wildman–Crippen MR) is 105 cm³/mol. The average Bonchev–Trinajstić information content (AvgIpc) is 3.01. The first kappa shape index (κ1) is 21.2. The van der Waals surface area contributed by atoms with Crippen molar-refractivity contribution in [3.05, 3.63) is 47.8 Å². The molecule has 2 aromatic rings. The summed E-state index contributed by atoms with van der Waals surface area (Å²) in [5.41, 5.74) is -1.75. The summed E-state index contributed by atoms with van der Waals surface area (Å²) in [6, 6.07) is 8.29. The number of alkyl halides is 3. The molecule has 0 aliphatic carbocycles. The number of halogens is 4. The Hall–Kier alpha value is -2.47. The first-order chi connectivity index (χ1) is 13.7. The van der Waals surface area contributed by atoms with Crippen molar-refractivity contribution < 1.29 is 27.2 Å². The highest BCUT2D eigenvalue weighted by Crippen LogP contribution is 2.43. The molecule has 154 valence electrons. The van der Waals surface area contributed by atoms with Gasteiger partial charge in [0.25, 0.3) is 0 Å². The number of benzene rings is 2. The maximum Gasteiger partial charge on any atom is 0.421 e. The van der Waals surface area contributed by atoms with Crippen molar-refractivity contribution in [2.45, 2.75) is 18.6 Å². The number of nitrogens with one attached hydrogen (secondary N) is 1. The van der Waals surface area contributed by atoms with Crippen LogP contribution < -0.4 is 15.5 Å². The Kier molecular flexibility index (Phi) is 5.94. The van der Waals surface area contributed by atoms with Gasteiger partial charge in [0, 0.05) is 12.1 Å². The first-order valence-electron chi connectivity index (χ1n) is 8.84. The lowest BCUT2D eigenvalue weighted by Gasteiger charge is -2.24. The highest BCUT2D eigenvalue weighted by molar-refractivity contribution is 7.64. The third-order valence-electron chi connectivity index (χ3n) is 4.84. The Morgan fingerprint density at radius 3 is 2.45 bits per heavy atom. The Morgan fingerprint density at radius 2 is 1.83 bits per heavy atom. The summed E-state index contributed by atoms with van der Waals surface area (Å²) >= 11 is 0. The van der Waals surface area contributed by atoms with Crippen LogP contribution >= 0.6 is 7.92 Å². The van der Waals surface area contributed by atoms with Crippen LogP contribution in [0.4, 0.5) is 23.2 Å². The molecule has 1 unspecified atom stereocenters. The van der Waals surface area contributed by atoms with Crippen LogP contribution in [0.3, 0.4) is 0 Å². The van der Waals surface area contributed by atoms with Gasteiger partial charge >= 0.3 is 6.18 Å². The standard InChI is InChI=1S/C20H19F4N2O2P/c1-29(2)16-6-4-3-5-12(16)13-7-8-15(17(18(13)21)20(22,23)24)26-10-9-14(19(26)28)25-11-27/h3-8,11,14H,9-10H2,1-2H3,(H,25,27). The zero-order chi connectivity index (χ0) is 21.3. The van der Waals surface area contributed by atoms with Crippen molar-refractivity contribution in [2.24, 2.45) is 0 Å². The van der Waals surface area contributed by atoms with E-state index < -0.39 is 43.1 Å². The molecule has 0 aromatic heterocycles. The van der Waals surface area contributed by atoms with Gasteiger partial charge in [-0.3, -0.25) is 9.59 Å². The van der Waals surface area contributed by atoms with Gasteiger partial charge < -0.3 is 10.2 Å². The van der Waals surface area contributed by atoms with E-state index in [9.17, 15) is 22.8 Å². The van der Waals surface area contributed by atoms with Crippen molar-refractivity contribution >= 4 is 31.2 Å². The number of nitrogens with zero attached hydrogens (tertiary/aromatic N) is 1. The minimum atomic E-state index is -5.00. The molecule has 9 heteroatoms. The van der Waals surface area contributed by atoms with Crippen LogP contribution in [0.15, 0.2) is 36.4 Å². The summed E-state index contributed by atoms with van der Waals surface area (Å²) in [5, 5.41) is 3.07. The van der Waals surface area contributed by atoms with Gasteiger partial charge in [-0.05, 0) is 42.8 Å². The third kappa shape index (κ3) is 3.99. The van der Waals surface area contributed by atoms with Crippen LogP contribution in [-0.4, -0.2) is 38.2 Å².